The molecule has 2 aliphatic heterocycles. The van der Waals surface area contributed by atoms with Gasteiger partial charge in [-0.3, -0.25) is 9.59 Å². The number of aromatic nitrogens is 3. The summed E-state index contributed by atoms with van der Waals surface area (Å²) in [6.45, 7) is 6.77. The van der Waals surface area contributed by atoms with Crippen LogP contribution in [-0.4, -0.2) is 58.8 Å². The van der Waals surface area contributed by atoms with Crippen LogP contribution in [0.1, 0.15) is 41.9 Å². The van der Waals surface area contributed by atoms with Crippen LogP contribution in [0.3, 0.4) is 0 Å². The summed E-state index contributed by atoms with van der Waals surface area (Å²) in [5, 5.41) is 7.84. The number of amides is 2. The zero-order valence-corrected chi connectivity index (χ0v) is 23.3. The van der Waals surface area contributed by atoms with Crippen LogP contribution in [0.4, 0.5) is 11.5 Å². The minimum absolute atomic E-state index is 0.0776. The molecule has 6 rings (SSSR count). The number of ether oxygens (including phenoxy) is 1. The molecule has 2 amide bonds. The predicted molar refractivity (Wildman–Crippen MR) is 155 cm³/mol. The van der Waals surface area contributed by atoms with Crippen LogP contribution >= 0.6 is 11.6 Å². The van der Waals surface area contributed by atoms with E-state index in [0.29, 0.717) is 43.6 Å². The molecule has 2 aromatic carbocycles. The first-order valence-corrected chi connectivity index (χ1v) is 13.9. The van der Waals surface area contributed by atoms with E-state index in [0.717, 1.165) is 41.0 Å². The molecular weight excluding hydrogens is 528 g/mol. The highest BCUT2D eigenvalue weighted by molar-refractivity contribution is 6.29. The molecule has 4 heterocycles. The molecule has 40 heavy (non-hydrogen) atoms. The number of benzene rings is 2. The van der Waals surface area contributed by atoms with Crippen LogP contribution in [0.25, 0.3) is 16.8 Å². The lowest BCUT2D eigenvalue weighted by molar-refractivity contribution is -0.117. The number of hydrogen-bond acceptors (Lipinski definition) is 6. The molecule has 2 aliphatic rings. The third kappa shape index (κ3) is 5.14. The first-order chi connectivity index (χ1) is 19.4. The van der Waals surface area contributed by atoms with E-state index in [-0.39, 0.29) is 23.6 Å². The van der Waals surface area contributed by atoms with Gasteiger partial charge in [-0.15, -0.1) is 0 Å². The van der Waals surface area contributed by atoms with Crippen molar-refractivity contribution in [2.45, 2.75) is 39.3 Å². The Morgan fingerprint density at radius 3 is 2.55 bits per heavy atom. The van der Waals surface area contributed by atoms with Gasteiger partial charge < -0.3 is 19.9 Å². The molecule has 0 spiro atoms. The molecule has 206 valence electrons. The molecule has 9 nitrogen and oxygen atoms in total. The second-order valence-corrected chi connectivity index (χ2v) is 10.7. The Morgan fingerprint density at radius 2 is 1.80 bits per heavy atom. The fourth-order valence-corrected chi connectivity index (χ4v) is 5.74. The number of carbonyl (C=O) groups excluding carboxylic acids is 2. The van der Waals surface area contributed by atoms with Crippen LogP contribution < -0.4 is 15.1 Å². The van der Waals surface area contributed by atoms with Gasteiger partial charge >= 0.3 is 0 Å². The lowest BCUT2D eigenvalue weighted by atomic mass is 9.93. The van der Waals surface area contributed by atoms with Gasteiger partial charge in [0.25, 0.3) is 5.91 Å². The Kier molecular flexibility index (Phi) is 7.16. The first-order valence-electron chi connectivity index (χ1n) is 13.6. The van der Waals surface area contributed by atoms with Gasteiger partial charge in [-0.1, -0.05) is 41.9 Å². The second kappa shape index (κ2) is 10.9. The van der Waals surface area contributed by atoms with Gasteiger partial charge in [0.1, 0.15) is 11.0 Å². The van der Waals surface area contributed by atoms with E-state index in [4.69, 9.17) is 16.3 Å². The van der Waals surface area contributed by atoms with Crippen LogP contribution in [0.15, 0.2) is 54.6 Å². The normalized spacial score (nSPS) is 17.1. The highest BCUT2D eigenvalue weighted by Gasteiger charge is 2.26. The summed E-state index contributed by atoms with van der Waals surface area (Å²) in [5.74, 6) is 0.588. The Hall–Kier alpha value is -3.95. The minimum atomic E-state index is -0.280. The monoisotopic (exact) mass is 558 g/mol. The van der Waals surface area contributed by atoms with E-state index < -0.39 is 0 Å². The van der Waals surface area contributed by atoms with Crippen LogP contribution in [-0.2, 0) is 22.5 Å². The molecule has 0 unspecified atom stereocenters. The minimum Gasteiger partial charge on any atom is -0.378 e. The van der Waals surface area contributed by atoms with Gasteiger partial charge in [0.2, 0.25) is 5.91 Å². The quantitative estimate of drug-likeness (QED) is 0.363. The Labute approximate surface area is 237 Å². The van der Waals surface area contributed by atoms with Gasteiger partial charge in [0.15, 0.2) is 11.3 Å². The number of rotatable bonds is 5. The van der Waals surface area contributed by atoms with Crippen molar-refractivity contribution >= 4 is 40.6 Å². The summed E-state index contributed by atoms with van der Waals surface area (Å²) in [4.78, 5) is 33.5. The molecule has 1 N–H and O–H groups in total. The number of nitrogens with zero attached hydrogens (tertiary/aromatic N) is 5. The maximum Gasteiger partial charge on any atom is 0.272 e. The molecule has 10 heteroatoms. The van der Waals surface area contributed by atoms with E-state index in [9.17, 15) is 9.59 Å². The van der Waals surface area contributed by atoms with Gasteiger partial charge in [-0.25, -0.2) is 4.98 Å². The SMILES string of the molecule is CC(=O)N1c2ccc(-c3ccc(CNC(=O)c4cc5nc(Cl)cc(N6CCOCC6)n5n4)cc3)cc2CC[C@@H]1C. The van der Waals surface area contributed by atoms with E-state index in [1.54, 1.807) is 23.6 Å². The van der Waals surface area contributed by atoms with Crippen molar-refractivity contribution in [1.29, 1.82) is 0 Å². The van der Waals surface area contributed by atoms with Crippen molar-refractivity contribution < 1.29 is 14.3 Å². The molecule has 0 aliphatic carbocycles. The highest BCUT2D eigenvalue weighted by Crippen LogP contribution is 2.34. The fourth-order valence-electron chi connectivity index (χ4n) is 5.56. The van der Waals surface area contributed by atoms with Crippen LogP contribution in [0, 0.1) is 0 Å². The van der Waals surface area contributed by atoms with Gasteiger partial charge in [-0.05, 0) is 54.2 Å². The van der Waals surface area contributed by atoms with Crippen molar-refractivity contribution in [3.63, 3.8) is 0 Å². The summed E-state index contributed by atoms with van der Waals surface area (Å²) in [6, 6.07) is 18.1. The summed E-state index contributed by atoms with van der Waals surface area (Å²) in [7, 11) is 0. The van der Waals surface area contributed by atoms with E-state index >= 15 is 0 Å². The molecule has 0 bridgehead atoms. The van der Waals surface area contributed by atoms with Crippen molar-refractivity contribution in [3.8, 4) is 11.1 Å². The second-order valence-electron chi connectivity index (χ2n) is 10.3. The third-order valence-electron chi connectivity index (χ3n) is 7.64. The molecular formula is C30H31ClN6O3. The van der Waals surface area contributed by atoms with Crippen molar-refractivity contribution in [2.24, 2.45) is 0 Å². The third-order valence-corrected chi connectivity index (χ3v) is 7.83. The maximum absolute atomic E-state index is 13.0. The van der Waals surface area contributed by atoms with Crippen LogP contribution in [0.5, 0.6) is 0 Å². The molecule has 1 saturated heterocycles. The van der Waals surface area contributed by atoms with Crippen molar-refractivity contribution in [1.82, 2.24) is 19.9 Å². The van der Waals surface area contributed by atoms with Crippen molar-refractivity contribution in [3.05, 3.63) is 76.6 Å². The summed E-state index contributed by atoms with van der Waals surface area (Å²) in [6.07, 6.45) is 1.91. The number of aryl methyl sites for hydroxylation is 1. The average Bonchev–Trinajstić information content (AvgIpc) is 3.40. The average molecular weight is 559 g/mol. The smallest absolute Gasteiger partial charge is 0.272 e. The van der Waals surface area contributed by atoms with Crippen molar-refractivity contribution in [2.75, 3.05) is 36.1 Å². The predicted octanol–water partition coefficient (Wildman–Crippen LogP) is 4.50. The number of fused-ring (bicyclic) bond motifs is 2. The topological polar surface area (TPSA) is 92.1 Å². The summed E-state index contributed by atoms with van der Waals surface area (Å²) >= 11 is 6.26. The fraction of sp³-hybridized carbons (Fsp3) is 0.333. The Morgan fingerprint density at radius 1 is 1.05 bits per heavy atom. The summed E-state index contributed by atoms with van der Waals surface area (Å²) in [5.41, 5.74) is 6.19. The van der Waals surface area contributed by atoms with Gasteiger partial charge in [0.05, 0.1) is 13.2 Å². The largest absolute Gasteiger partial charge is 0.378 e. The standard InChI is InChI=1S/C30H31ClN6O3/c1-19-3-6-24-15-23(9-10-26(24)36(19)20(2)38)22-7-4-21(5-8-22)18-32-30(39)25-16-28-33-27(31)17-29(37(28)34-25)35-11-13-40-14-12-35/h4-5,7-10,15-17,19H,3,6,11-14,18H2,1-2H3,(H,32,39)/t19-/m0/s1. The molecule has 4 aromatic rings. The Balaban J connectivity index is 1.14. The number of nitrogens with one attached hydrogen (secondary N) is 1. The lowest BCUT2D eigenvalue weighted by Gasteiger charge is -2.34. The van der Waals surface area contributed by atoms with E-state index in [2.05, 4.69) is 57.6 Å². The molecule has 0 radical (unpaired) electrons. The van der Waals surface area contributed by atoms with Gasteiger partial charge in [0, 0.05) is 50.4 Å². The Bertz CT molecular complexity index is 1580. The van der Waals surface area contributed by atoms with Crippen LogP contribution in [0.2, 0.25) is 5.15 Å². The lowest BCUT2D eigenvalue weighted by Crippen LogP contribution is -2.40. The summed E-state index contributed by atoms with van der Waals surface area (Å²) < 4.78 is 7.12. The zero-order chi connectivity index (χ0) is 27.8. The number of morpholine rings is 1. The first kappa shape index (κ1) is 26.3. The number of halogens is 1. The molecule has 1 atom stereocenters. The molecule has 1 fully saturated rings. The molecule has 2 aromatic heterocycles. The van der Waals surface area contributed by atoms with E-state index in [1.165, 1.54) is 5.56 Å². The molecule has 0 saturated carbocycles. The number of anilines is 2. The van der Waals surface area contributed by atoms with E-state index in [1.807, 2.05) is 17.0 Å². The number of carbonyl (C=O) groups is 2. The van der Waals surface area contributed by atoms with Gasteiger partial charge in [-0.2, -0.15) is 9.61 Å². The number of hydrogen-bond donors (Lipinski definition) is 1. The highest BCUT2D eigenvalue weighted by atomic mass is 35.5. The zero-order valence-electron chi connectivity index (χ0n) is 22.6. The maximum atomic E-state index is 13.0.